The Morgan fingerprint density at radius 3 is 2.81 bits per heavy atom. The van der Waals surface area contributed by atoms with E-state index in [1.807, 2.05) is 29.5 Å². The summed E-state index contributed by atoms with van der Waals surface area (Å²) in [6.45, 7) is 8.29. The lowest BCUT2D eigenvalue weighted by atomic mass is 9.93. The molecule has 0 bridgehead atoms. The van der Waals surface area contributed by atoms with Crippen LogP contribution in [0.1, 0.15) is 37.2 Å². The predicted molar refractivity (Wildman–Crippen MR) is 81.5 cm³/mol. The van der Waals surface area contributed by atoms with Crippen molar-refractivity contribution in [3.63, 3.8) is 0 Å². The van der Waals surface area contributed by atoms with Gasteiger partial charge in [-0.1, -0.05) is 6.92 Å². The van der Waals surface area contributed by atoms with Crippen LogP contribution in [0, 0.1) is 24.2 Å². The molecular formula is C16H24N4O. The van der Waals surface area contributed by atoms with Crippen molar-refractivity contribution >= 4 is 5.91 Å². The van der Waals surface area contributed by atoms with E-state index in [-0.39, 0.29) is 5.91 Å². The monoisotopic (exact) mass is 288 g/mol. The van der Waals surface area contributed by atoms with Crippen molar-refractivity contribution < 1.29 is 4.79 Å². The van der Waals surface area contributed by atoms with Crippen molar-refractivity contribution in [1.29, 1.82) is 5.26 Å². The fraction of sp³-hybridized carbons (Fsp3) is 0.625. The van der Waals surface area contributed by atoms with Gasteiger partial charge in [0.25, 0.3) is 0 Å². The summed E-state index contributed by atoms with van der Waals surface area (Å²) in [7, 11) is 1.92. The molecule has 5 heteroatoms. The van der Waals surface area contributed by atoms with Crippen molar-refractivity contribution in [3.05, 3.63) is 23.0 Å². The molecule has 1 amide bonds. The minimum absolute atomic E-state index is 0.165. The Bertz CT molecular complexity index is 570. The Balaban J connectivity index is 1.95. The molecule has 5 nitrogen and oxygen atoms in total. The van der Waals surface area contributed by atoms with Crippen LogP contribution >= 0.6 is 0 Å². The third-order valence-electron chi connectivity index (χ3n) is 4.66. The SMILES string of the molecule is CC(=O)N1CC[C@@H](NCc2cc(C#N)n(C)c2C)[C@H](C)C1. The number of likely N-dealkylation sites (tertiary alicyclic amines) is 1. The third-order valence-corrected chi connectivity index (χ3v) is 4.66. The van der Waals surface area contributed by atoms with E-state index >= 15 is 0 Å². The molecule has 1 aromatic heterocycles. The molecular weight excluding hydrogens is 264 g/mol. The van der Waals surface area contributed by atoms with E-state index in [1.165, 1.54) is 5.56 Å². The zero-order chi connectivity index (χ0) is 15.6. The van der Waals surface area contributed by atoms with E-state index in [1.54, 1.807) is 6.92 Å². The molecule has 0 radical (unpaired) electrons. The zero-order valence-electron chi connectivity index (χ0n) is 13.3. The third kappa shape index (κ3) is 3.27. The predicted octanol–water partition coefficient (Wildman–Crippen LogP) is 1.55. The lowest BCUT2D eigenvalue weighted by Crippen LogP contribution is -2.49. The van der Waals surface area contributed by atoms with Crippen LogP contribution in [-0.4, -0.2) is 34.5 Å². The van der Waals surface area contributed by atoms with E-state index in [4.69, 9.17) is 5.26 Å². The van der Waals surface area contributed by atoms with Crippen LogP contribution in [0.15, 0.2) is 6.07 Å². The van der Waals surface area contributed by atoms with E-state index in [0.717, 1.165) is 31.7 Å². The fourth-order valence-corrected chi connectivity index (χ4v) is 3.02. The van der Waals surface area contributed by atoms with Gasteiger partial charge < -0.3 is 14.8 Å². The number of amides is 1. The first-order valence-corrected chi connectivity index (χ1v) is 7.48. The van der Waals surface area contributed by atoms with Gasteiger partial charge in [0.05, 0.1) is 0 Å². The van der Waals surface area contributed by atoms with E-state index < -0.39 is 0 Å². The highest BCUT2D eigenvalue weighted by Gasteiger charge is 2.27. The first-order chi connectivity index (χ1) is 9.93. The van der Waals surface area contributed by atoms with Crippen molar-refractivity contribution in [1.82, 2.24) is 14.8 Å². The molecule has 0 unspecified atom stereocenters. The van der Waals surface area contributed by atoms with Gasteiger partial charge in [0.15, 0.2) is 0 Å². The number of rotatable bonds is 3. The van der Waals surface area contributed by atoms with Gasteiger partial charge in [0.1, 0.15) is 11.8 Å². The van der Waals surface area contributed by atoms with Crippen LogP contribution in [0.4, 0.5) is 0 Å². The highest BCUT2D eigenvalue weighted by molar-refractivity contribution is 5.73. The summed E-state index contributed by atoms with van der Waals surface area (Å²) in [5.41, 5.74) is 3.01. The van der Waals surface area contributed by atoms with Gasteiger partial charge in [-0.05, 0) is 30.9 Å². The quantitative estimate of drug-likeness (QED) is 0.918. The van der Waals surface area contributed by atoms with Crippen molar-refractivity contribution in [2.24, 2.45) is 13.0 Å². The number of aromatic nitrogens is 1. The molecule has 2 heterocycles. The standard InChI is InChI=1S/C16H24N4O/c1-11-10-20(13(3)21)6-5-16(11)18-9-14-7-15(8-17)19(4)12(14)2/h7,11,16,18H,5-6,9-10H2,1-4H3/t11-,16-/m1/s1. The molecule has 1 aliphatic heterocycles. The molecule has 0 spiro atoms. The number of carbonyl (C=O) groups excluding carboxylic acids is 1. The van der Waals surface area contributed by atoms with Gasteiger partial charge in [0, 0.05) is 45.3 Å². The van der Waals surface area contributed by atoms with E-state index in [2.05, 4.69) is 18.3 Å². The van der Waals surface area contributed by atoms with Crippen LogP contribution in [0.5, 0.6) is 0 Å². The Morgan fingerprint density at radius 1 is 1.57 bits per heavy atom. The average Bonchev–Trinajstić information content (AvgIpc) is 2.73. The second-order valence-electron chi connectivity index (χ2n) is 6.03. The summed E-state index contributed by atoms with van der Waals surface area (Å²) in [6, 6.07) is 4.59. The second-order valence-corrected chi connectivity index (χ2v) is 6.03. The molecule has 1 aromatic rings. The maximum Gasteiger partial charge on any atom is 0.219 e. The van der Waals surface area contributed by atoms with Crippen molar-refractivity contribution in [2.45, 2.75) is 39.8 Å². The van der Waals surface area contributed by atoms with Crippen LogP contribution in [-0.2, 0) is 18.4 Å². The van der Waals surface area contributed by atoms with Crippen LogP contribution in [0.3, 0.4) is 0 Å². The lowest BCUT2D eigenvalue weighted by Gasteiger charge is -2.37. The number of hydrogen-bond acceptors (Lipinski definition) is 3. The normalized spacial score (nSPS) is 22.1. The Hall–Kier alpha value is -1.80. The molecule has 1 N–H and O–H groups in total. The number of hydrogen-bond donors (Lipinski definition) is 1. The molecule has 114 valence electrons. The molecule has 0 aromatic carbocycles. The molecule has 1 aliphatic rings. The summed E-state index contributed by atoms with van der Waals surface area (Å²) in [5, 5.41) is 12.7. The van der Waals surface area contributed by atoms with Gasteiger partial charge in [0.2, 0.25) is 5.91 Å². The maximum absolute atomic E-state index is 11.4. The highest BCUT2D eigenvalue weighted by Crippen LogP contribution is 2.19. The van der Waals surface area contributed by atoms with E-state index in [0.29, 0.717) is 17.7 Å². The topological polar surface area (TPSA) is 61.1 Å². The fourth-order valence-electron chi connectivity index (χ4n) is 3.02. The molecule has 21 heavy (non-hydrogen) atoms. The summed E-state index contributed by atoms with van der Waals surface area (Å²) in [6.07, 6.45) is 0.984. The Labute approximate surface area is 126 Å². The Morgan fingerprint density at radius 2 is 2.29 bits per heavy atom. The number of piperidine rings is 1. The molecule has 1 fully saturated rings. The summed E-state index contributed by atoms with van der Waals surface area (Å²) in [5.74, 6) is 0.611. The first kappa shape index (κ1) is 15.6. The molecule has 1 saturated heterocycles. The summed E-state index contributed by atoms with van der Waals surface area (Å²) < 4.78 is 1.93. The smallest absolute Gasteiger partial charge is 0.219 e. The van der Waals surface area contributed by atoms with Gasteiger partial charge in [-0.3, -0.25) is 4.79 Å². The van der Waals surface area contributed by atoms with E-state index in [9.17, 15) is 4.79 Å². The van der Waals surface area contributed by atoms with Gasteiger partial charge in [-0.25, -0.2) is 0 Å². The number of nitrogens with one attached hydrogen (secondary N) is 1. The molecule has 2 rings (SSSR count). The largest absolute Gasteiger partial charge is 0.343 e. The summed E-state index contributed by atoms with van der Waals surface area (Å²) in [4.78, 5) is 13.3. The number of nitriles is 1. The first-order valence-electron chi connectivity index (χ1n) is 7.48. The van der Waals surface area contributed by atoms with Gasteiger partial charge in [-0.15, -0.1) is 0 Å². The van der Waals surface area contributed by atoms with Crippen LogP contribution in [0.25, 0.3) is 0 Å². The number of carbonyl (C=O) groups is 1. The minimum Gasteiger partial charge on any atom is -0.343 e. The second kappa shape index (κ2) is 6.31. The minimum atomic E-state index is 0.165. The number of nitrogens with zero attached hydrogens (tertiary/aromatic N) is 3. The summed E-state index contributed by atoms with van der Waals surface area (Å²) >= 11 is 0. The lowest BCUT2D eigenvalue weighted by molar-refractivity contribution is -0.130. The maximum atomic E-state index is 11.4. The average molecular weight is 288 g/mol. The van der Waals surface area contributed by atoms with Crippen molar-refractivity contribution in [2.75, 3.05) is 13.1 Å². The molecule has 0 aliphatic carbocycles. The molecule has 2 atom stereocenters. The van der Waals surface area contributed by atoms with Crippen molar-refractivity contribution in [3.8, 4) is 6.07 Å². The molecule has 0 saturated carbocycles. The highest BCUT2D eigenvalue weighted by atomic mass is 16.2. The Kier molecular flexibility index (Phi) is 4.69. The van der Waals surface area contributed by atoms with Gasteiger partial charge in [-0.2, -0.15) is 5.26 Å². The van der Waals surface area contributed by atoms with Crippen LogP contribution in [0.2, 0.25) is 0 Å². The zero-order valence-corrected chi connectivity index (χ0v) is 13.3. The van der Waals surface area contributed by atoms with Gasteiger partial charge >= 0.3 is 0 Å². The van der Waals surface area contributed by atoms with Crippen LogP contribution < -0.4 is 5.32 Å².